The van der Waals surface area contributed by atoms with Crippen molar-refractivity contribution in [1.29, 1.82) is 0 Å². The molecule has 0 bridgehead atoms. The minimum Gasteiger partial charge on any atom is -0.493 e. The first-order valence-corrected chi connectivity index (χ1v) is 11.4. The molecule has 0 aliphatic rings. The standard InChI is InChI=1S/C24H26N2O5S/c1-16-8-11-19(12-9-16)32(28,29)26-21-7-5-6-20(17(21)2)24(27)25-15-18-10-13-22(30-3)23(14-18)31-4/h5-14,26H,15H2,1-4H3,(H,25,27). The number of carbonyl (C=O) groups excluding carboxylic acids is 1. The molecule has 7 nitrogen and oxygen atoms in total. The number of carbonyl (C=O) groups is 1. The summed E-state index contributed by atoms with van der Waals surface area (Å²) in [6, 6.07) is 16.9. The van der Waals surface area contributed by atoms with Gasteiger partial charge in [0.1, 0.15) is 0 Å². The van der Waals surface area contributed by atoms with E-state index in [4.69, 9.17) is 9.47 Å². The highest BCUT2D eigenvalue weighted by Gasteiger charge is 2.18. The normalized spacial score (nSPS) is 11.0. The van der Waals surface area contributed by atoms with Crippen molar-refractivity contribution in [2.24, 2.45) is 0 Å². The average molecular weight is 455 g/mol. The van der Waals surface area contributed by atoms with Crippen LogP contribution in [0.3, 0.4) is 0 Å². The summed E-state index contributed by atoms with van der Waals surface area (Å²) in [6.07, 6.45) is 0. The van der Waals surface area contributed by atoms with E-state index in [1.54, 1.807) is 75.7 Å². The highest BCUT2D eigenvalue weighted by molar-refractivity contribution is 7.92. The number of sulfonamides is 1. The van der Waals surface area contributed by atoms with Gasteiger partial charge in [0.05, 0.1) is 24.8 Å². The van der Waals surface area contributed by atoms with E-state index in [0.717, 1.165) is 11.1 Å². The summed E-state index contributed by atoms with van der Waals surface area (Å²) in [5.41, 5.74) is 3.07. The summed E-state index contributed by atoms with van der Waals surface area (Å²) in [5.74, 6) is 0.864. The Morgan fingerprint density at radius 2 is 1.59 bits per heavy atom. The number of nitrogens with one attached hydrogen (secondary N) is 2. The van der Waals surface area contributed by atoms with Gasteiger partial charge in [-0.15, -0.1) is 0 Å². The number of anilines is 1. The zero-order valence-electron chi connectivity index (χ0n) is 18.4. The zero-order chi connectivity index (χ0) is 23.3. The van der Waals surface area contributed by atoms with Gasteiger partial charge in [0.2, 0.25) is 0 Å². The van der Waals surface area contributed by atoms with E-state index in [9.17, 15) is 13.2 Å². The number of amides is 1. The predicted octanol–water partition coefficient (Wildman–Crippen LogP) is 4.05. The quantitative estimate of drug-likeness (QED) is 0.536. The van der Waals surface area contributed by atoms with Crippen molar-refractivity contribution >= 4 is 21.6 Å². The van der Waals surface area contributed by atoms with Crippen molar-refractivity contribution in [3.63, 3.8) is 0 Å². The molecule has 2 N–H and O–H groups in total. The SMILES string of the molecule is COc1ccc(CNC(=O)c2cccc(NS(=O)(=O)c3ccc(C)cc3)c2C)cc1OC. The topological polar surface area (TPSA) is 93.7 Å². The third-order valence-electron chi connectivity index (χ3n) is 5.06. The largest absolute Gasteiger partial charge is 0.493 e. The third-order valence-corrected chi connectivity index (χ3v) is 6.44. The highest BCUT2D eigenvalue weighted by atomic mass is 32.2. The number of aryl methyl sites for hydroxylation is 1. The van der Waals surface area contributed by atoms with Gasteiger partial charge in [-0.2, -0.15) is 0 Å². The summed E-state index contributed by atoms with van der Waals surface area (Å²) >= 11 is 0. The Balaban J connectivity index is 1.76. The smallest absolute Gasteiger partial charge is 0.261 e. The molecular formula is C24H26N2O5S. The Hall–Kier alpha value is -3.52. The molecule has 8 heteroatoms. The third kappa shape index (κ3) is 5.20. The van der Waals surface area contributed by atoms with E-state index >= 15 is 0 Å². The summed E-state index contributed by atoms with van der Waals surface area (Å²) < 4.78 is 38.6. The Morgan fingerprint density at radius 3 is 2.25 bits per heavy atom. The molecule has 0 spiro atoms. The fraction of sp³-hybridized carbons (Fsp3) is 0.208. The summed E-state index contributed by atoms with van der Waals surface area (Å²) in [5, 5.41) is 2.86. The Labute approximate surface area is 188 Å². The monoisotopic (exact) mass is 454 g/mol. The number of hydrogen-bond acceptors (Lipinski definition) is 5. The van der Waals surface area contributed by atoms with E-state index < -0.39 is 10.0 Å². The van der Waals surface area contributed by atoms with Crippen molar-refractivity contribution in [1.82, 2.24) is 5.32 Å². The van der Waals surface area contributed by atoms with Crippen LogP contribution in [0.5, 0.6) is 11.5 Å². The lowest BCUT2D eigenvalue weighted by Crippen LogP contribution is -2.24. The van der Waals surface area contributed by atoms with Gasteiger partial charge in [0, 0.05) is 12.1 Å². The van der Waals surface area contributed by atoms with Gasteiger partial charge < -0.3 is 14.8 Å². The predicted molar refractivity (Wildman–Crippen MR) is 124 cm³/mol. The molecule has 0 radical (unpaired) electrons. The average Bonchev–Trinajstić information content (AvgIpc) is 2.78. The second kappa shape index (κ2) is 9.74. The molecule has 0 saturated carbocycles. The van der Waals surface area contributed by atoms with Crippen molar-refractivity contribution < 1.29 is 22.7 Å². The molecule has 0 aliphatic carbocycles. The number of rotatable bonds is 8. The van der Waals surface area contributed by atoms with Crippen LogP contribution in [0, 0.1) is 13.8 Å². The number of benzene rings is 3. The number of ether oxygens (including phenoxy) is 2. The lowest BCUT2D eigenvalue weighted by atomic mass is 10.1. The molecule has 0 saturated heterocycles. The van der Waals surface area contributed by atoms with Crippen LogP contribution < -0.4 is 19.5 Å². The van der Waals surface area contributed by atoms with E-state index in [1.165, 1.54) is 0 Å². The molecule has 0 fully saturated rings. The first-order valence-electron chi connectivity index (χ1n) is 9.93. The summed E-state index contributed by atoms with van der Waals surface area (Å²) in [7, 11) is -0.666. The van der Waals surface area contributed by atoms with Crippen LogP contribution in [0.25, 0.3) is 0 Å². The van der Waals surface area contributed by atoms with E-state index in [-0.39, 0.29) is 17.3 Å². The van der Waals surface area contributed by atoms with Crippen LogP contribution in [-0.2, 0) is 16.6 Å². The van der Waals surface area contributed by atoms with Crippen LogP contribution in [-0.4, -0.2) is 28.5 Å². The molecule has 0 heterocycles. The van der Waals surface area contributed by atoms with Crippen molar-refractivity contribution in [2.45, 2.75) is 25.3 Å². The first kappa shape index (κ1) is 23.1. The maximum atomic E-state index is 12.8. The van der Waals surface area contributed by atoms with Crippen LogP contribution in [0.2, 0.25) is 0 Å². The van der Waals surface area contributed by atoms with E-state index in [1.807, 2.05) is 13.0 Å². The van der Waals surface area contributed by atoms with E-state index in [2.05, 4.69) is 10.0 Å². The molecule has 3 aromatic rings. The summed E-state index contributed by atoms with van der Waals surface area (Å²) in [4.78, 5) is 13.0. The molecular weight excluding hydrogens is 428 g/mol. The second-order valence-electron chi connectivity index (χ2n) is 7.27. The van der Waals surface area contributed by atoms with Gasteiger partial charge in [-0.1, -0.05) is 29.8 Å². The second-order valence-corrected chi connectivity index (χ2v) is 8.95. The lowest BCUT2D eigenvalue weighted by molar-refractivity contribution is 0.0950. The fourth-order valence-corrected chi connectivity index (χ4v) is 4.30. The van der Waals surface area contributed by atoms with Gasteiger partial charge in [0.15, 0.2) is 11.5 Å². The van der Waals surface area contributed by atoms with Gasteiger partial charge in [0.25, 0.3) is 15.9 Å². The molecule has 0 aromatic heterocycles. The van der Waals surface area contributed by atoms with Crippen molar-refractivity contribution in [3.05, 3.63) is 82.9 Å². The van der Waals surface area contributed by atoms with Crippen LogP contribution >= 0.6 is 0 Å². The Bertz CT molecular complexity index is 1220. The van der Waals surface area contributed by atoms with Crippen LogP contribution in [0.15, 0.2) is 65.6 Å². The van der Waals surface area contributed by atoms with Crippen molar-refractivity contribution in [3.8, 4) is 11.5 Å². The molecule has 168 valence electrons. The van der Waals surface area contributed by atoms with Crippen LogP contribution in [0.4, 0.5) is 5.69 Å². The molecule has 0 unspecified atom stereocenters. The Kier molecular flexibility index (Phi) is 7.05. The molecule has 0 atom stereocenters. The highest BCUT2D eigenvalue weighted by Crippen LogP contribution is 2.28. The lowest BCUT2D eigenvalue weighted by Gasteiger charge is -2.14. The molecule has 32 heavy (non-hydrogen) atoms. The van der Waals surface area contributed by atoms with Gasteiger partial charge in [-0.05, 0) is 61.4 Å². The molecule has 1 amide bonds. The maximum Gasteiger partial charge on any atom is 0.261 e. The molecule has 3 aromatic carbocycles. The molecule has 0 aliphatic heterocycles. The fourth-order valence-electron chi connectivity index (χ4n) is 3.18. The minimum atomic E-state index is -3.77. The summed E-state index contributed by atoms with van der Waals surface area (Å²) in [6.45, 7) is 3.87. The van der Waals surface area contributed by atoms with E-state index in [0.29, 0.717) is 28.3 Å². The van der Waals surface area contributed by atoms with Gasteiger partial charge in [-0.3, -0.25) is 9.52 Å². The van der Waals surface area contributed by atoms with Crippen LogP contribution in [0.1, 0.15) is 27.0 Å². The van der Waals surface area contributed by atoms with Crippen molar-refractivity contribution in [2.75, 3.05) is 18.9 Å². The van der Waals surface area contributed by atoms with Gasteiger partial charge >= 0.3 is 0 Å². The number of methoxy groups -OCH3 is 2. The minimum absolute atomic E-state index is 0.158. The number of hydrogen-bond donors (Lipinski definition) is 2. The maximum absolute atomic E-state index is 12.8. The van der Waals surface area contributed by atoms with Gasteiger partial charge in [-0.25, -0.2) is 8.42 Å². The Morgan fingerprint density at radius 1 is 0.906 bits per heavy atom. The zero-order valence-corrected chi connectivity index (χ0v) is 19.2. The molecule has 3 rings (SSSR count). The first-order chi connectivity index (χ1) is 15.2.